The molecule has 0 saturated heterocycles. The van der Waals surface area contributed by atoms with Crippen LogP contribution in [0.3, 0.4) is 0 Å². The van der Waals surface area contributed by atoms with Gasteiger partial charge in [0.2, 0.25) is 0 Å². The third kappa shape index (κ3) is 4.35. The number of alkyl halides is 3. The van der Waals surface area contributed by atoms with E-state index in [0.717, 1.165) is 6.07 Å². The van der Waals surface area contributed by atoms with Crippen LogP contribution in [-0.2, 0) is 11.0 Å². The molecule has 3 rings (SSSR count). The van der Waals surface area contributed by atoms with Gasteiger partial charge in [-0.1, -0.05) is 18.2 Å². The quantitative estimate of drug-likeness (QED) is 0.635. The highest BCUT2D eigenvalue weighted by Gasteiger charge is 2.40. The fourth-order valence-electron chi connectivity index (χ4n) is 3.75. The summed E-state index contributed by atoms with van der Waals surface area (Å²) >= 11 is 0. The average molecular weight is 445 g/mol. The maximum absolute atomic E-state index is 13.9. The summed E-state index contributed by atoms with van der Waals surface area (Å²) in [4.78, 5) is 17.5. The Morgan fingerprint density at radius 2 is 1.88 bits per heavy atom. The molecule has 0 fully saturated rings. The van der Waals surface area contributed by atoms with Crippen LogP contribution in [0.25, 0.3) is 0 Å². The highest BCUT2D eigenvalue weighted by molar-refractivity contribution is 6.08. The number of ether oxygens (including phenoxy) is 1. The Morgan fingerprint density at radius 1 is 1.19 bits per heavy atom. The summed E-state index contributed by atoms with van der Waals surface area (Å²) in [6, 6.07) is 11.1. The molecule has 0 radical (unpaired) electrons. The van der Waals surface area contributed by atoms with E-state index in [9.17, 15) is 27.6 Å². The van der Waals surface area contributed by atoms with E-state index in [1.165, 1.54) is 14.0 Å². The van der Waals surface area contributed by atoms with E-state index >= 15 is 0 Å². The first-order chi connectivity index (χ1) is 15.1. The van der Waals surface area contributed by atoms with Crippen LogP contribution in [0.4, 0.5) is 23.2 Å². The number of anilines is 1. The summed E-state index contributed by atoms with van der Waals surface area (Å²) < 4.78 is 59.1. The van der Waals surface area contributed by atoms with E-state index in [2.05, 4.69) is 10.3 Å². The van der Waals surface area contributed by atoms with Crippen LogP contribution < -0.4 is 10.1 Å². The number of allylic oxidation sites excluding steroid dienone is 1. The third-order valence-electron chi connectivity index (χ3n) is 5.22. The lowest BCUT2D eigenvalue weighted by atomic mass is 9.75. The first kappa shape index (κ1) is 23.0. The zero-order valence-electron chi connectivity index (χ0n) is 17.4. The predicted molar refractivity (Wildman–Crippen MR) is 111 cm³/mol. The number of methoxy groups -OCH3 is 1. The molecule has 2 unspecified atom stereocenters. The molecule has 166 valence electrons. The largest absolute Gasteiger partial charge is 0.495 e. The maximum atomic E-state index is 13.9. The first-order valence-electron chi connectivity index (χ1n) is 9.55. The monoisotopic (exact) mass is 445 g/mol. The highest BCUT2D eigenvalue weighted by atomic mass is 19.4. The van der Waals surface area contributed by atoms with E-state index in [1.807, 2.05) is 6.07 Å². The van der Waals surface area contributed by atoms with Crippen molar-refractivity contribution in [1.82, 2.24) is 0 Å². The lowest BCUT2D eigenvalue weighted by Crippen LogP contribution is -2.31. The molecule has 2 aromatic carbocycles. The second-order valence-corrected chi connectivity index (χ2v) is 7.23. The number of rotatable bonds is 4. The molecule has 1 amide bonds. The number of carbonyl (C=O) groups excluding carboxylic acids is 1. The lowest BCUT2D eigenvalue weighted by molar-refractivity contribution is -0.140. The van der Waals surface area contributed by atoms with E-state index in [-0.39, 0.29) is 16.8 Å². The molecule has 0 saturated carbocycles. The number of benzene rings is 2. The molecule has 5 nitrogen and oxygen atoms in total. The lowest BCUT2D eigenvalue weighted by Gasteiger charge is -2.30. The topological polar surface area (TPSA) is 74.5 Å². The Morgan fingerprint density at radius 3 is 2.50 bits per heavy atom. The van der Waals surface area contributed by atoms with Gasteiger partial charge in [0.05, 0.1) is 30.3 Å². The summed E-state index contributed by atoms with van der Waals surface area (Å²) in [6.07, 6.45) is -4.93. The van der Waals surface area contributed by atoms with Crippen molar-refractivity contribution >= 4 is 17.3 Å². The fraction of sp³-hybridized carbons (Fsp3) is 0.261. The van der Waals surface area contributed by atoms with Crippen molar-refractivity contribution in [3.05, 3.63) is 70.7 Å². The third-order valence-corrected chi connectivity index (χ3v) is 5.22. The van der Waals surface area contributed by atoms with Crippen LogP contribution in [0, 0.1) is 23.1 Å². The number of hydrogen-bond acceptors (Lipinski definition) is 4. The van der Waals surface area contributed by atoms with Gasteiger partial charge in [-0.2, -0.15) is 18.4 Å². The molecular weight excluding hydrogens is 426 g/mol. The number of halogens is 4. The summed E-state index contributed by atoms with van der Waals surface area (Å²) in [7, 11) is 1.43. The van der Waals surface area contributed by atoms with Crippen molar-refractivity contribution < 1.29 is 27.1 Å². The van der Waals surface area contributed by atoms with Gasteiger partial charge >= 0.3 is 6.18 Å². The Labute approximate surface area is 182 Å². The second-order valence-electron chi connectivity index (χ2n) is 7.23. The van der Waals surface area contributed by atoms with Crippen LogP contribution in [0.1, 0.15) is 30.9 Å². The first-order valence-corrected chi connectivity index (χ1v) is 9.55. The van der Waals surface area contributed by atoms with Gasteiger partial charge in [-0.15, -0.1) is 0 Å². The Kier molecular flexibility index (Phi) is 6.35. The van der Waals surface area contributed by atoms with Crippen LogP contribution in [0.15, 0.2) is 58.7 Å². The molecule has 9 heteroatoms. The molecule has 0 aromatic heterocycles. The van der Waals surface area contributed by atoms with Gasteiger partial charge in [-0.25, -0.2) is 4.39 Å². The molecule has 2 aromatic rings. The van der Waals surface area contributed by atoms with Gasteiger partial charge in [0.1, 0.15) is 11.6 Å². The second kappa shape index (κ2) is 8.83. The number of carbonyl (C=O) groups is 1. The van der Waals surface area contributed by atoms with Crippen molar-refractivity contribution in [3.8, 4) is 11.8 Å². The minimum absolute atomic E-state index is 0.0101. The van der Waals surface area contributed by atoms with Gasteiger partial charge < -0.3 is 10.1 Å². The zero-order valence-corrected chi connectivity index (χ0v) is 17.4. The Hall–Kier alpha value is -3.67. The number of aliphatic imine (C=N–C) groups is 1. The standard InChI is InChI=1S/C23H19F4N3O2/c1-12-15(11-28)21(14-8-9-17(24)16(10-14)23(25,26)27)20(13(2)29-12)22(31)30-18-6-4-5-7-19(18)32-3/h4-10,15,21H,1-3H3,(H,30,31). The molecule has 0 aliphatic carbocycles. The normalized spacial score (nSPS) is 18.6. The number of amides is 1. The van der Waals surface area contributed by atoms with Crippen molar-refractivity contribution in [2.24, 2.45) is 10.9 Å². The van der Waals surface area contributed by atoms with Crippen molar-refractivity contribution in [1.29, 1.82) is 5.26 Å². The molecular formula is C23H19F4N3O2. The van der Waals surface area contributed by atoms with Crippen LogP contribution in [-0.4, -0.2) is 18.7 Å². The average Bonchev–Trinajstić information content (AvgIpc) is 2.73. The van der Waals surface area contributed by atoms with Gasteiger partial charge in [0.15, 0.2) is 0 Å². The van der Waals surface area contributed by atoms with Crippen molar-refractivity contribution in [2.45, 2.75) is 25.9 Å². The Bertz CT molecular complexity index is 1160. The fourth-order valence-corrected chi connectivity index (χ4v) is 3.75. The molecule has 1 aliphatic heterocycles. The number of hydrogen-bond donors (Lipinski definition) is 1. The van der Waals surface area contributed by atoms with Gasteiger partial charge in [0.25, 0.3) is 5.91 Å². The molecule has 0 bridgehead atoms. The predicted octanol–water partition coefficient (Wildman–Crippen LogP) is 5.46. The number of nitrogens with zero attached hydrogens (tertiary/aromatic N) is 2. The summed E-state index contributed by atoms with van der Waals surface area (Å²) in [5, 5.41) is 12.4. The van der Waals surface area contributed by atoms with Gasteiger partial charge in [-0.3, -0.25) is 9.79 Å². The molecule has 1 N–H and O–H groups in total. The number of para-hydroxylation sites is 2. The van der Waals surface area contributed by atoms with Crippen LogP contribution in [0.2, 0.25) is 0 Å². The van der Waals surface area contributed by atoms with Gasteiger partial charge in [-0.05, 0) is 43.7 Å². The molecule has 1 heterocycles. The maximum Gasteiger partial charge on any atom is 0.419 e. The zero-order chi connectivity index (χ0) is 23.6. The van der Waals surface area contributed by atoms with Crippen molar-refractivity contribution in [3.63, 3.8) is 0 Å². The number of nitrogens with one attached hydrogen (secondary N) is 1. The van der Waals surface area contributed by atoms with Crippen molar-refractivity contribution in [2.75, 3.05) is 12.4 Å². The highest BCUT2D eigenvalue weighted by Crippen LogP contribution is 2.42. The van der Waals surface area contributed by atoms with Crippen LogP contribution in [0.5, 0.6) is 5.75 Å². The van der Waals surface area contributed by atoms with Gasteiger partial charge in [0, 0.05) is 22.9 Å². The van der Waals surface area contributed by atoms with E-state index in [1.54, 1.807) is 31.2 Å². The summed E-state index contributed by atoms with van der Waals surface area (Å²) in [5.41, 5.74) is -0.509. The van der Waals surface area contributed by atoms with Crippen LogP contribution >= 0.6 is 0 Å². The molecule has 0 spiro atoms. The van der Waals surface area contributed by atoms with E-state index < -0.39 is 35.3 Å². The number of nitriles is 1. The smallest absolute Gasteiger partial charge is 0.419 e. The minimum atomic E-state index is -4.93. The minimum Gasteiger partial charge on any atom is -0.495 e. The SMILES string of the molecule is COc1ccccc1NC(=O)C1=C(C)N=C(C)C(C#N)C1c1ccc(F)c(C(F)(F)F)c1. The molecule has 32 heavy (non-hydrogen) atoms. The molecule has 2 atom stereocenters. The molecule has 1 aliphatic rings. The van der Waals surface area contributed by atoms with E-state index in [4.69, 9.17) is 4.74 Å². The summed E-state index contributed by atoms with van der Waals surface area (Å²) in [5.74, 6) is -3.79. The Balaban J connectivity index is 2.13. The summed E-state index contributed by atoms with van der Waals surface area (Å²) in [6.45, 7) is 3.10. The van der Waals surface area contributed by atoms with E-state index in [0.29, 0.717) is 29.3 Å².